The summed E-state index contributed by atoms with van der Waals surface area (Å²) in [5.74, 6) is 0.342. The third-order valence-corrected chi connectivity index (χ3v) is 6.83. The number of hydrogen-bond acceptors (Lipinski definition) is 8. The number of pyridine rings is 1. The Hall–Kier alpha value is -2.27. The maximum Gasteiger partial charge on any atom is 0.267 e. The number of carbonyl (C=O) groups is 1. The van der Waals surface area contributed by atoms with Gasteiger partial charge in [0.05, 0.1) is 35.8 Å². The van der Waals surface area contributed by atoms with Gasteiger partial charge in [0.15, 0.2) is 0 Å². The molecule has 2 aromatic heterocycles. The predicted octanol–water partition coefficient (Wildman–Crippen LogP) is 2.46. The number of nitrogens with zero attached hydrogens (tertiary/aromatic N) is 4. The fraction of sp³-hybridized carbons (Fsp3) is 0.455. The Morgan fingerprint density at radius 1 is 1.31 bits per heavy atom. The van der Waals surface area contributed by atoms with Crippen LogP contribution in [-0.2, 0) is 14.3 Å². The van der Waals surface area contributed by atoms with Gasteiger partial charge in [-0.2, -0.15) is 0 Å². The van der Waals surface area contributed by atoms with Gasteiger partial charge in [-0.05, 0) is 38.5 Å². The van der Waals surface area contributed by atoms with Crippen molar-refractivity contribution >= 4 is 51.7 Å². The highest BCUT2D eigenvalue weighted by Crippen LogP contribution is 2.33. The Kier molecular flexibility index (Phi) is 6.66. The number of thioether (sulfide) groups is 1. The van der Waals surface area contributed by atoms with E-state index in [2.05, 4.69) is 4.90 Å². The minimum absolute atomic E-state index is 0.00373. The van der Waals surface area contributed by atoms with Crippen LogP contribution >= 0.6 is 24.0 Å². The molecule has 2 aromatic rings. The summed E-state index contributed by atoms with van der Waals surface area (Å²) in [6, 6.07) is 3.74. The molecule has 0 unspecified atom stereocenters. The first-order chi connectivity index (χ1) is 15.3. The number of rotatable bonds is 5. The van der Waals surface area contributed by atoms with Crippen LogP contribution in [0.2, 0.25) is 0 Å². The standard InChI is InChI=1S/C22H26N4O4S2/c1-13-6-5-7-25-18(13)23-19(24-11-14(2)30-15(3)12-24)16(20(25)27)10-17-21(28)26(8-9-29-4)22(31)32-17/h5-7,10,14-15H,8-9,11-12H2,1-4H3/b17-10-/t14-,15+. The Labute approximate surface area is 196 Å². The zero-order valence-electron chi connectivity index (χ0n) is 18.5. The van der Waals surface area contributed by atoms with Crippen molar-refractivity contribution in [2.24, 2.45) is 0 Å². The van der Waals surface area contributed by atoms with Gasteiger partial charge >= 0.3 is 0 Å². The molecule has 0 aliphatic carbocycles. The number of amides is 1. The number of aryl methyl sites for hydroxylation is 1. The van der Waals surface area contributed by atoms with Crippen LogP contribution in [0.5, 0.6) is 0 Å². The smallest absolute Gasteiger partial charge is 0.267 e. The van der Waals surface area contributed by atoms with Crippen molar-refractivity contribution < 1.29 is 14.3 Å². The van der Waals surface area contributed by atoms with Crippen LogP contribution in [0.25, 0.3) is 11.7 Å². The molecule has 0 spiro atoms. The molecule has 4 heterocycles. The highest BCUT2D eigenvalue weighted by Gasteiger charge is 2.33. The topological polar surface area (TPSA) is 76.4 Å². The lowest BCUT2D eigenvalue weighted by Crippen LogP contribution is -2.46. The zero-order valence-corrected chi connectivity index (χ0v) is 20.2. The van der Waals surface area contributed by atoms with Crippen molar-refractivity contribution in [2.75, 3.05) is 38.3 Å². The monoisotopic (exact) mass is 474 g/mol. The van der Waals surface area contributed by atoms with Gasteiger partial charge in [-0.15, -0.1) is 0 Å². The number of methoxy groups -OCH3 is 1. The van der Waals surface area contributed by atoms with Crippen molar-refractivity contribution in [3.63, 3.8) is 0 Å². The SMILES string of the molecule is COCCN1C(=O)/C(=C/c2c(N3C[C@@H](C)O[C@@H](C)C3)nc3c(C)cccn3c2=O)SC1=S. The first-order valence-electron chi connectivity index (χ1n) is 10.5. The van der Waals surface area contributed by atoms with E-state index in [1.165, 1.54) is 21.1 Å². The summed E-state index contributed by atoms with van der Waals surface area (Å²) in [4.78, 5) is 35.4. The molecule has 1 amide bonds. The number of ether oxygens (including phenoxy) is 2. The number of anilines is 1. The molecule has 2 aliphatic rings. The molecule has 0 radical (unpaired) electrons. The molecule has 2 atom stereocenters. The number of aromatic nitrogens is 2. The molecule has 2 aliphatic heterocycles. The molecule has 0 N–H and O–H groups in total. The summed E-state index contributed by atoms with van der Waals surface area (Å²) >= 11 is 6.58. The van der Waals surface area contributed by atoms with Gasteiger partial charge in [-0.3, -0.25) is 18.9 Å². The summed E-state index contributed by atoms with van der Waals surface area (Å²) in [5, 5.41) is 0. The molecular formula is C22H26N4O4S2. The van der Waals surface area contributed by atoms with Crippen LogP contribution in [0.1, 0.15) is 25.0 Å². The van der Waals surface area contributed by atoms with Gasteiger partial charge < -0.3 is 14.4 Å². The van der Waals surface area contributed by atoms with Crippen molar-refractivity contribution in [2.45, 2.75) is 33.0 Å². The molecule has 170 valence electrons. The summed E-state index contributed by atoms with van der Waals surface area (Å²) in [7, 11) is 1.58. The lowest BCUT2D eigenvalue weighted by molar-refractivity contribution is -0.122. The number of hydrogen-bond donors (Lipinski definition) is 0. The second-order valence-corrected chi connectivity index (χ2v) is 9.70. The van der Waals surface area contributed by atoms with E-state index in [4.69, 9.17) is 26.7 Å². The van der Waals surface area contributed by atoms with E-state index in [0.717, 1.165) is 5.56 Å². The Morgan fingerprint density at radius 2 is 2.03 bits per heavy atom. The van der Waals surface area contributed by atoms with E-state index in [-0.39, 0.29) is 23.7 Å². The van der Waals surface area contributed by atoms with Crippen molar-refractivity contribution in [1.29, 1.82) is 0 Å². The molecule has 2 fully saturated rings. The number of thiocarbonyl (C=S) groups is 1. The van der Waals surface area contributed by atoms with Crippen LogP contribution in [0, 0.1) is 6.92 Å². The minimum atomic E-state index is -0.222. The predicted molar refractivity (Wildman–Crippen MR) is 130 cm³/mol. The Bertz CT molecular complexity index is 1150. The lowest BCUT2D eigenvalue weighted by atomic mass is 10.1. The third-order valence-electron chi connectivity index (χ3n) is 5.45. The largest absolute Gasteiger partial charge is 0.383 e. The normalized spacial score (nSPS) is 23.1. The molecule has 32 heavy (non-hydrogen) atoms. The van der Waals surface area contributed by atoms with Gasteiger partial charge in [0.2, 0.25) is 0 Å². The minimum Gasteiger partial charge on any atom is -0.383 e. The van der Waals surface area contributed by atoms with E-state index in [1.807, 2.05) is 32.9 Å². The second kappa shape index (κ2) is 9.30. The Balaban J connectivity index is 1.85. The van der Waals surface area contributed by atoms with Gasteiger partial charge in [0, 0.05) is 26.4 Å². The zero-order chi connectivity index (χ0) is 23.0. The van der Waals surface area contributed by atoms with Gasteiger partial charge in [-0.1, -0.05) is 30.0 Å². The molecule has 4 rings (SSSR count). The number of carbonyl (C=O) groups excluding carboxylic acids is 1. The fourth-order valence-corrected chi connectivity index (χ4v) is 5.32. The van der Waals surface area contributed by atoms with E-state index < -0.39 is 0 Å². The molecule has 8 nitrogen and oxygen atoms in total. The molecule has 0 aromatic carbocycles. The summed E-state index contributed by atoms with van der Waals surface area (Å²) in [6.07, 6.45) is 3.33. The molecule has 0 bridgehead atoms. The third kappa shape index (κ3) is 4.32. The summed E-state index contributed by atoms with van der Waals surface area (Å²) in [5.41, 5.74) is 1.66. The maximum atomic E-state index is 13.6. The van der Waals surface area contributed by atoms with Crippen molar-refractivity contribution in [3.05, 3.63) is 44.7 Å². The van der Waals surface area contributed by atoms with Crippen LogP contribution in [0.3, 0.4) is 0 Å². The first-order valence-corrected chi connectivity index (χ1v) is 11.7. The maximum absolute atomic E-state index is 13.6. The quantitative estimate of drug-likeness (QED) is 0.483. The highest BCUT2D eigenvalue weighted by atomic mass is 32.2. The molecular weight excluding hydrogens is 448 g/mol. The van der Waals surface area contributed by atoms with Gasteiger partial charge in [0.25, 0.3) is 11.5 Å². The average molecular weight is 475 g/mol. The fourth-order valence-electron chi connectivity index (χ4n) is 4.03. The molecule has 10 heteroatoms. The Morgan fingerprint density at radius 3 is 2.72 bits per heavy atom. The van der Waals surface area contributed by atoms with Crippen LogP contribution < -0.4 is 10.5 Å². The van der Waals surface area contributed by atoms with E-state index >= 15 is 0 Å². The van der Waals surface area contributed by atoms with E-state index in [0.29, 0.717) is 52.5 Å². The van der Waals surface area contributed by atoms with Crippen molar-refractivity contribution in [3.8, 4) is 0 Å². The first kappa shape index (κ1) is 22.9. The van der Waals surface area contributed by atoms with Gasteiger partial charge in [-0.25, -0.2) is 4.98 Å². The summed E-state index contributed by atoms with van der Waals surface area (Å²) < 4.78 is 12.9. The lowest BCUT2D eigenvalue weighted by Gasteiger charge is -2.36. The van der Waals surface area contributed by atoms with Crippen LogP contribution in [0.15, 0.2) is 28.0 Å². The second-order valence-electron chi connectivity index (χ2n) is 8.03. The summed E-state index contributed by atoms with van der Waals surface area (Å²) in [6.45, 7) is 7.90. The molecule has 0 saturated carbocycles. The average Bonchev–Trinajstić information content (AvgIpc) is 3.00. The van der Waals surface area contributed by atoms with Gasteiger partial charge in [0.1, 0.15) is 15.8 Å². The van der Waals surface area contributed by atoms with Crippen molar-refractivity contribution in [1.82, 2.24) is 14.3 Å². The van der Waals surface area contributed by atoms with Crippen LogP contribution in [-0.4, -0.2) is 70.1 Å². The van der Waals surface area contributed by atoms with E-state index in [9.17, 15) is 9.59 Å². The van der Waals surface area contributed by atoms with Crippen LogP contribution in [0.4, 0.5) is 5.82 Å². The molecule has 2 saturated heterocycles. The van der Waals surface area contributed by atoms with E-state index in [1.54, 1.807) is 19.4 Å². The highest BCUT2D eigenvalue weighted by molar-refractivity contribution is 8.26. The number of fused-ring (bicyclic) bond motifs is 1. The number of morpholine rings is 1.